The van der Waals surface area contributed by atoms with Crippen molar-refractivity contribution < 1.29 is 4.79 Å². The molecule has 1 aromatic heterocycles. The summed E-state index contributed by atoms with van der Waals surface area (Å²) in [7, 11) is 0. The SMILES string of the molecule is CCn1nc(C)c(Br)c1CC(=O)CCCC(C)N. The number of nitrogens with two attached hydrogens (primary N) is 1. The topological polar surface area (TPSA) is 60.9 Å². The maximum absolute atomic E-state index is 11.9. The third-order valence-electron chi connectivity index (χ3n) is 2.93. The Kier molecular flexibility index (Phi) is 6.02. The fraction of sp³-hybridized carbons (Fsp3) is 0.692. The second-order valence-electron chi connectivity index (χ2n) is 4.75. The van der Waals surface area contributed by atoms with Crippen LogP contribution in [0.3, 0.4) is 0 Å². The molecule has 0 amide bonds. The summed E-state index contributed by atoms with van der Waals surface area (Å²) in [5.74, 6) is 0.256. The zero-order chi connectivity index (χ0) is 13.7. The van der Waals surface area contributed by atoms with E-state index in [-0.39, 0.29) is 11.8 Å². The van der Waals surface area contributed by atoms with Crippen molar-refractivity contribution in [3.8, 4) is 0 Å². The molecule has 1 aromatic rings. The van der Waals surface area contributed by atoms with Gasteiger partial charge in [0.15, 0.2) is 0 Å². The highest BCUT2D eigenvalue weighted by molar-refractivity contribution is 9.10. The molecular weight excluding hydrogens is 294 g/mol. The first-order valence-corrected chi connectivity index (χ1v) is 7.24. The van der Waals surface area contributed by atoms with E-state index in [1.807, 2.05) is 25.5 Å². The molecular formula is C13H22BrN3O. The Bertz CT molecular complexity index is 413. The van der Waals surface area contributed by atoms with Gasteiger partial charge in [-0.05, 0) is 49.5 Å². The summed E-state index contributed by atoms with van der Waals surface area (Å²) in [6.07, 6.45) is 2.82. The Morgan fingerprint density at radius 2 is 2.22 bits per heavy atom. The van der Waals surface area contributed by atoms with Gasteiger partial charge in [0.1, 0.15) is 5.78 Å². The highest BCUT2D eigenvalue weighted by atomic mass is 79.9. The average molecular weight is 316 g/mol. The molecule has 1 unspecified atom stereocenters. The van der Waals surface area contributed by atoms with Crippen LogP contribution in [-0.2, 0) is 17.8 Å². The van der Waals surface area contributed by atoms with Crippen molar-refractivity contribution in [2.75, 3.05) is 0 Å². The van der Waals surface area contributed by atoms with E-state index in [1.54, 1.807) is 0 Å². The molecule has 0 bridgehead atoms. The van der Waals surface area contributed by atoms with Gasteiger partial charge in [-0.3, -0.25) is 9.48 Å². The summed E-state index contributed by atoms with van der Waals surface area (Å²) in [6, 6.07) is 0.174. The smallest absolute Gasteiger partial charge is 0.138 e. The molecule has 0 aliphatic carbocycles. The summed E-state index contributed by atoms with van der Waals surface area (Å²) in [6.45, 7) is 6.73. The Morgan fingerprint density at radius 1 is 1.56 bits per heavy atom. The minimum Gasteiger partial charge on any atom is -0.328 e. The first-order valence-electron chi connectivity index (χ1n) is 6.44. The summed E-state index contributed by atoms with van der Waals surface area (Å²) < 4.78 is 2.85. The van der Waals surface area contributed by atoms with Crippen LogP contribution in [0.5, 0.6) is 0 Å². The lowest BCUT2D eigenvalue weighted by Gasteiger charge is -2.06. The number of aromatic nitrogens is 2. The van der Waals surface area contributed by atoms with Crippen molar-refractivity contribution in [2.45, 2.75) is 59.0 Å². The number of nitrogens with zero attached hydrogens (tertiary/aromatic N) is 2. The highest BCUT2D eigenvalue weighted by Crippen LogP contribution is 2.22. The monoisotopic (exact) mass is 315 g/mol. The van der Waals surface area contributed by atoms with Gasteiger partial charge in [-0.15, -0.1) is 0 Å². The summed E-state index contributed by atoms with van der Waals surface area (Å²) in [4.78, 5) is 11.9. The molecule has 4 nitrogen and oxygen atoms in total. The summed E-state index contributed by atoms with van der Waals surface area (Å²) in [5, 5.41) is 4.39. The van der Waals surface area contributed by atoms with Gasteiger partial charge in [0.2, 0.25) is 0 Å². The molecule has 0 fully saturated rings. The van der Waals surface area contributed by atoms with Crippen LogP contribution in [0.15, 0.2) is 4.47 Å². The lowest BCUT2D eigenvalue weighted by Crippen LogP contribution is -2.15. The fourth-order valence-electron chi connectivity index (χ4n) is 1.93. The molecule has 1 rings (SSSR count). The van der Waals surface area contributed by atoms with Crippen LogP contribution in [0.4, 0.5) is 0 Å². The van der Waals surface area contributed by atoms with Gasteiger partial charge in [-0.25, -0.2) is 0 Å². The number of carbonyl (C=O) groups excluding carboxylic acids is 1. The molecule has 102 valence electrons. The zero-order valence-electron chi connectivity index (χ0n) is 11.4. The second-order valence-corrected chi connectivity index (χ2v) is 5.54. The van der Waals surface area contributed by atoms with E-state index in [0.717, 1.165) is 35.2 Å². The van der Waals surface area contributed by atoms with Gasteiger partial charge in [-0.1, -0.05) is 0 Å². The second kappa shape index (κ2) is 7.04. The van der Waals surface area contributed by atoms with Gasteiger partial charge >= 0.3 is 0 Å². The van der Waals surface area contributed by atoms with Crippen molar-refractivity contribution in [2.24, 2.45) is 5.73 Å². The van der Waals surface area contributed by atoms with E-state index >= 15 is 0 Å². The number of carbonyl (C=O) groups is 1. The molecule has 0 aliphatic rings. The van der Waals surface area contributed by atoms with Crippen LogP contribution < -0.4 is 5.73 Å². The molecule has 0 aliphatic heterocycles. The van der Waals surface area contributed by atoms with Crippen molar-refractivity contribution in [3.63, 3.8) is 0 Å². The number of Topliss-reactive ketones (excluding diaryl/α,β-unsaturated/α-hetero) is 1. The lowest BCUT2D eigenvalue weighted by atomic mass is 10.1. The van der Waals surface area contributed by atoms with Crippen LogP contribution in [0.2, 0.25) is 0 Å². The molecule has 0 aromatic carbocycles. The molecule has 5 heteroatoms. The normalized spacial score (nSPS) is 12.7. The number of rotatable bonds is 7. The van der Waals surface area contributed by atoms with Crippen molar-refractivity contribution in [3.05, 3.63) is 15.9 Å². The van der Waals surface area contributed by atoms with E-state index in [2.05, 4.69) is 21.0 Å². The predicted octanol–water partition coefficient (Wildman–Crippen LogP) is 2.60. The third-order valence-corrected chi connectivity index (χ3v) is 3.96. The largest absolute Gasteiger partial charge is 0.328 e. The molecule has 1 atom stereocenters. The van der Waals surface area contributed by atoms with Crippen LogP contribution in [0.25, 0.3) is 0 Å². The maximum atomic E-state index is 11.9. The van der Waals surface area contributed by atoms with Gasteiger partial charge in [0, 0.05) is 25.4 Å². The van der Waals surface area contributed by atoms with Gasteiger partial charge in [-0.2, -0.15) is 5.10 Å². The predicted molar refractivity (Wildman–Crippen MR) is 76.5 cm³/mol. The molecule has 0 radical (unpaired) electrons. The standard InChI is InChI=1S/C13H22BrN3O/c1-4-17-12(13(14)10(3)16-17)8-11(18)7-5-6-9(2)15/h9H,4-8,15H2,1-3H3. The number of halogens is 1. The Balaban J connectivity index is 2.59. The quantitative estimate of drug-likeness (QED) is 0.841. The van der Waals surface area contributed by atoms with Gasteiger partial charge in [0.25, 0.3) is 0 Å². The van der Waals surface area contributed by atoms with E-state index < -0.39 is 0 Å². The summed E-state index contributed by atoms with van der Waals surface area (Å²) in [5.41, 5.74) is 7.60. The van der Waals surface area contributed by atoms with Crippen molar-refractivity contribution >= 4 is 21.7 Å². The van der Waals surface area contributed by atoms with Crippen LogP contribution in [0.1, 0.15) is 44.5 Å². The van der Waals surface area contributed by atoms with E-state index in [9.17, 15) is 4.79 Å². The van der Waals surface area contributed by atoms with Crippen LogP contribution in [-0.4, -0.2) is 21.6 Å². The summed E-state index contributed by atoms with van der Waals surface area (Å²) >= 11 is 3.51. The number of ketones is 1. The van der Waals surface area contributed by atoms with Crippen molar-refractivity contribution in [1.29, 1.82) is 0 Å². The lowest BCUT2D eigenvalue weighted by molar-refractivity contribution is -0.118. The van der Waals surface area contributed by atoms with Gasteiger partial charge < -0.3 is 5.73 Å². The van der Waals surface area contributed by atoms with Crippen molar-refractivity contribution in [1.82, 2.24) is 9.78 Å². The van der Waals surface area contributed by atoms with E-state index in [4.69, 9.17) is 5.73 Å². The molecule has 2 N–H and O–H groups in total. The number of hydrogen-bond donors (Lipinski definition) is 1. The minimum atomic E-state index is 0.174. The zero-order valence-corrected chi connectivity index (χ0v) is 13.0. The first kappa shape index (κ1) is 15.4. The fourth-order valence-corrected chi connectivity index (χ4v) is 2.36. The van der Waals surface area contributed by atoms with Crippen LogP contribution >= 0.6 is 15.9 Å². The number of hydrogen-bond acceptors (Lipinski definition) is 3. The Morgan fingerprint density at radius 3 is 2.78 bits per heavy atom. The average Bonchev–Trinajstić information content (AvgIpc) is 2.56. The van der Waals surface area contributed by atoms with Crippen LogP contribution in [0, 0.1) is 6.92 Å². The van der Waals surface area contributed by atoms with E-state index in [1.165, 1.54) is 0 Å². The first-order chi connectivity index (χ1) is 8.45. The number of aryl methyl sites for hydroxylation is 2. The third kappa shape index (κ3) is 4.21. The Hall–Kier alpha value is -0.680. The molecule has 0 spiro atoms. The maximum Gasteiger partial charge on any atom is 0.138 e. The molecule has 0 saturated heterocycles. The van der Waals surface area contributed by atoms with E-state index in [0.29, 0.717) is 12.8 Å². The highest BCUT2D eigenvalue weighted by Gasteiger charge is 2.15. The minimum absolute atomic E-state index is 0.174. The molecule has 1 heterocycles. The Labute approximate surface area is 117 Å². The van der Waals surface area contributed by atoms with Gasteiger partial charge in [0.05, 0.1) is 15.9 Å². The molecule has 0 saturated carbocycles. The molecule has 18 heavy (non-hydrogen) atoms.